The SMILES string of the molecule is COc1ccccc1NC(=O)CNc1cccc(CO)c1. The summed E-state index contributed by atoms with van der Waals surface area (Å²) in [7, 11) is 1.56. The van der Waals surface area contributed by atoms with Gasteiger partial charge >= 0.3 is 0 Å². The molecule has 0 atom stereocenters. The van der Waals surface area contributed by atoms with Gasteiger partial charge in [0, 0.05) is 5.69 Å². The molecule has 2 rings (SSSR count). The Morgan fingerprint density at radius 2 is 2.00 bits per heavy atom. The third-order valence-electron chi connectivity index (χ3n) is 2.94. The maximum atomic E-state index is 11.9. The first-order valence-corrected chi connectivity index (χ1v) is 6.59. The largest absolute Gasteiger partial charge is 0.495 e. The van der Waals surface area contributed by atoms with Crippen LogP contribution in [0.25, 0.3) is 0 Å². The lowest BCUT2D eigenvalue weighted by molar-refractivity contribution is -0.114. The molecule has 2 aromatic carbocycles. The van der Waals surface area contributed by atoms with E-state index in [1.54, 1.807) is 25.3 Å². The summed E-state index contributed by atoms with van der Waals surface area (Å²) in [5, 5.41) is 14.9. The number of methoxy groups -OCH3 is 1. The van der Waals surface area contributed by atoms with Crippen molar-refractivity contribution in [2.45, 2.75) is 6.61 Å². The van der Waals surface area contributed by atoms with Crippen molar-refractivity contribution in [3.63, 3.8) is 0 Å². The monoisotopic (exact) mass is 286 g/mol. The number of hydrogen-bond acceptors (Lipinski definition) is 4. The molecule has 0 radical (unpaired) electrons. The van der Waals surface area contributed by atoms with Gasteiger partial charge in [-0.1, -0.05) is 24.3 Å². The molecule has 0 fully saturated rings. The molecule has 0 unspecified atom stereocenters. The number of aliphatic hydroxyl groups excluding tert-OH is 1. The molecule has 0 saturated carbocycles. The van der Waals surface area contributed by atoms with Gasteiger partial charge in [-0.3, -0.25) is 4.79 Å². The van der Waals surface area contributed by atoms with Gasteiger partial charge in [-0.05, 0) is 29.8 Å². The number of ether oxygens (including phenoxy) is 1. The van der Waals surface area contributed by atoms with Crippen LogP contribution in [0.5, 0.6) is 5.75 Å². The van der Waals surface area contributed by atoms with Gasteiger partial charge in [0.25, 0.3) is 0 Å². The average molecular weight is 286 g/mol. The van der Waals surface area contributed by atoms with Crippen LogP contribution in [0.15, 0.2) is 48.5 Å². The molecule has 0 spiro atoms. The molecule has 0 aromatic heterocycles. The number of para-hydroxylation sites is 2. The van der Waals surface area contributed by atoms with Crippen molar-refractivity contribution in [2.24, 2.45) is 0 Å². The standard InChI is InChI=1S/C16H18N2O3/c1-21-15-8-3-2-7-14(15)18-16(20)10-17-13-6-4-5-12(9-13)11-19/h2-9,17,19H,10-11H2,1H3,(H,18,20). The van der Waals surface area contributed by atoms with Crippen LogP contribution >= 0.6 is 0 Å². The average Bonchev–Trinajstić information content (AvgIpc) is 2.53. The zero-order valence-electron chi connectivity index (χ0n) is 11.8. The predicted octanol–water partition coefficient (Wildman–Crippen LogP) is 2.24. The number of amides is 1. The fourth-order valence-corrected chi connectivity index (χ4v) is 1.90. The first kappa shape index (κ1) is 14.9. The van der Waals surface area contributed by atoms with Gasteiger partial charge in [-0.15, -0.1) is 0 Å². The van der Waals surface area contributed by atoms with E-state index in [1.165, 1.54) is 0 Å². The second-order valence-electron chi connectivity index (χ2n) is 4.46. The van der Waals surface area contributed by atoms with E-state index in [0.717, 1.165) is 11.3 Å². The molecular weight excluding hydrogens is 268 g/mol. The lowest BCUT2D eigenvalue weighted by atomic mass is 10.2. The van der Waals surface area contributed by atoms with Crippen molar-refractivity contribution >= 4 is 17.3 Å². The van der Waals surface area contributed by atoms with Gasteiger partial charge in [0.1, 0.15) is 5.75 Å². The Labute approximate surface area is 123 Å². The molecule has 21 heavy (non-hydrogen) atoms. The number of hydrogen-bond donors (Lipinski definition) is 3. The molecule has 0 bridgehead atoms. The Morgan fingerprint density at radius 1 is 1.19 bits per heavy atom. The highest BCUT2D eigenvalue weighted by Gasteiger charge is 2.06. The summed E-state index contributed by atoms with van der Waals surface area (Å²) in [6, 6.07) is 14.5. The molecular formula is C16H18N2O3. The van der Waals surface area contributed by atoms with E-state index in [-0.39, 0.29) is 19.1 Å². The number of rotatable bonds is 6. The van der Waals surface area contributed by atoms with Gasteiger partial charge in [-0.2, -0.15) is 0 Å². The Kier molecular flexibility index (Phi) is 5.17. The zero-order valence-corrected chi connectivity index (χ0v) is 11.8. The smallest absolute Gasteiger partial charge is 0.243 e. The van der Waals surface area contributed by atoms with Crippen molar-refractivity contribution in [1.29, 1.82) is 0 Å². The minimum absolute atomic E-state index is 0.0249. The third kappa shape index (κ3) is 4.22. The Bertz CT molecular complexity index is 614. The molecule has 0 aliphatic rings. The van der Waals surface area contributed by atoms with E-state index in [9.17, 15) is 4.79 Å². The van der Waals surface area contributed by atoms with Crippen molar-refractivity contribution < 1.29 is 14.6 Å². The van der Waals surface area contributed by atoms with E-state index in [0.29, 0.717) is 11.4 Å². The zero-order chi connectivity index (χ0) is 15.1. The fraction of sp³-hybridized carbons (Fsp3) is 0.188. The van der Waals surface area contributed by atoms with Gasteiger partial charge in [-0.25, -0.2) is 0 Å². The van der Waals surface area contributed by atoms with Gasteiger partial charge in [0.05, 0.1) is 25.9 Å². The molecule has 5 heteroatoms. The van der Waals surface area contributed by atoms with E-state index in [1.807, 2.05) is 30.3 Å². The molecule has 0 heterocycles. The maximum absolute atomic E-state index is 11.9. The summed E-state index contributed by atoms with van der Waals surface area (Å²) in [5.41, 5.74) is 2.22. The number of aliphatic hydroxyl groups is 1. The number of carbonyl (C=O) groups is 1. The van der Waals surface area contributed by atoms with Crippen LogP contribution in [0.2, 0.25) is 0 Å². The minimum atomic E-state index is -0.172. The fourth-order valence-electron chi connectivity index (χ4n) is 1.90. The highest BCUT2D eigenvalue weighted by molar-refractivity contribution is 5.95. The van der Waals surface area contributed by atoms with Crippen molar-refractivity contribution in [2.75, 3.05) is 24.3 Å². The van der Waals surface area contributed by atoms with Gasteiger partial charge < -0.3 is 20.5 Å². The van der Waals surface area contributed by atoms with Crippen LogP contribution in [-0.2, 0) is 11.4 Å². The predicted molar refractivity (Wildman–Crippen MR) is 82.5 cm³/mol. The second kappa shape index (κ2) is 7.31. The molecule has 3 N–H and O–H groups in total. The lowest BCUT2D eigenvalue weighted by Crippen LogP contribution is -2.22. The Morgan fingerprint density at radius 3 is 2.76 bits per heavy atom. The van der Waals surface area contributed by atoms with E-state index in [4.69, 9.17) is 9.84 Å². The second-order valence-corrected chi connectivity index (χ2v) is 4.46. The first-order valence-electron chi connectivity index (χ1n) is 6.59. The summed E-state index contributed by atoms with van der Waals surface area (Å²) in [6.07, 6.45) is 0. The highest BCUT2D eigenvalue weighted by atomic mass is 16.5. The Balaban J connectivity index is 1.92. The molecule has 1 amide bonds. The number of carbonyl (C=O) groups excluding carboxylic acids is 1. The van der Waals surface area contributed by atoms with Gasteiger partial charge in [0.2, 0.25) is 5.91 Å². The number of nitrogens with one attached hydrogen (secondary N) is 2. The molecule has 2 aromatic rings. The summed E-state index contributed by atoms with van der Waals surface area (Å²) >= 11 is 0. The highest BCUT2D eigenvalue weighted by Crippen LogP contribution is 2.22. The van der Waals surface area contributed by atoms with Crippen LogP contribution in [0.4, 0.5) is 11.4 Å². The van der Waals surface area contributed by atoms with Crippen molar-refractivity contribution in [3.05, 3.63) is 54.1 Å². The minimum Gasteiger partial charge on any atom is -0.495 e. The molecule has 5 nitrogen and oxygen atoms in total. The van der Waals surface area contributed by atoms with E-state index < -0.39 is 0 Å². The van der Waals surface area contributed by atoms with Crippen LogP contribution in [0.3, 0.4) is 0 Å². The molecule has 0 aliphatic carbocycles. The quantitative estimate of drug-likeness (QED) is 0.761. The number of anilines is 2. The topological polar surface area (TPSA) is 70.6 Å². The van der Waals surface area contributed by atoms with E-state index >= 15 is 0 Å². The van der Waals surface area contributed by atoms with Crippen LogP contribution < -0.4 is 15.4 Å². The summed E-state index contributed by atoms with van der Waals surface area (Å²) in [6.45, 7) is 0.107. The van der Waals surface area contributed by atoms with E-state index in [2.05, 4.69) is 10.6 Å². The van der Waals surface area contributed by atoms with Crippen LogP contribution in [-0.4, -0.2) is 24.7 Å². The van der Waals surface area contributed by atoms with Crippen LogP contribution in [0.1, 0.15) is 5.56 Å². The molecule has 0 saturated heterocycles. The lowest BCUT2D eigenvalue weighted by Gasteiger charge is -2.11. The molecule has 110 valence electrons. The van der Waals surface area contributed by atoms with Crippen molar-refractivity contribution in [3.8, 4) is 5.75 Å². The Hall–Kier alpha value is -2.53. The third-order valence-corrected chi connectivity index (χ3v) is 2.94. The van der Waals surface area contributed by atoms with Crippen LogP contribution in [0, 0.1) is 0 Å². The van der Waals surface area contributed by atoms with Crippen molar-refractivity contribution in [1.82, 2.24) is 0 Å². The summed E-state index contributed by atoms with van der Waals surface area (Å²) in [5.74, 6) is 0.446. The maximum Gasteiger partial charge on any atom is 0.243 e. The first-order chi connectivity index (χ1) is 10.2. The molecule has 0 aliphatic heterocycles. The van der Waals surface area contributed by atoms with Gasteiger partial charge in [0.15, 0.2) is 0 Å². The summed E-state index contributed by atoms with van der Waals surface area (Å²) in [4.78, 5) is 11.9. The summed E-state index contributed by atoms with van der Waals surface area (Å²) < 4.78 is 5.18. The normalized spacial score (nSPS) is 10.0. The number of benzene rings is 2.